The van der Waals surface area contributed by atoms with Crippen molar-refractivity contribution in [1.29, 1.82) is 0 Å². The first kappa shape index (κ1) is 16.8. The van der Waals surface area contributed by atoms with E-state index in [1.807, 2.05) is 55.5 Å². The molecule has 1 aromatic heterocycles. The van der Waals surface area contributed by atoms with Gasteiger partial charge in [0, 0.05) is 11.3 Å². The minimum atomic E-state index is -0.727. The Kier molecular flexibility index (Phi) is 4.33. The van der Waals surface area contributed by atoms with Crippen molar-refractivity contribution in [2.45, 2.75) is 19.6 Å². The third-order valence-corrected chi connectivity index (χ3v) is 4.41. The van der Waals surface area contributed by atoms with E-state index in [1.54, 1.807) is 6.07 Å². The van der Waals surface area contributed by atoms with E-state index in [1.165, 1.54) is 0 Å². The fraction of sp³-hybridized carbons (Fsp3) is 0.150. The van der Waals surface area contributed by atoms with E-state index >= 15 is 0 Å². The lowest BCUT2D eigenvalue weighted by molar-refractivity contribution is -0.117. The van der Waals surface area contributed by atoms with Crippen LogP contribution < -0.4 is 15.4 Å². The van der Waals surface area contributed by atoms with Gasteiger partial charge in [-0.1, -0.05) is 30.3 Å². The number of carbonyl (C=O) groups excluding carboxylic acids is 2. The number of para-hydroxylation sites is 1. The molecule has 136 valence electrons. The van der Waals surface area contributed by atoms with Crippen LogP contribution in [0, 0.1) is 6.92 Å². The predicted molar refractivity (Wildman–Crippen MR) is 99.4 cm³/mol. The molecule has 0 fully saturated rings. The Morgan fingerprint density at radius 1 is 1.19 bits per heavy atom. The number of hydrogen-bond donors (Lipinski definition) is 3. The largest absolute Gasteiger partial charge is 0.487 e. The molecule has 0 saturated heterocycles. The molecule has 1 aliphatic rings. The molecule has 0 saturated carbocycles. The van der Waals surface area contributed by atoms with Gasteiger partial charge in [0.2, 0.25) is 0 Å². The SMILES string of the molecule is Cc1cccc2c1[C@H](NC(=O)c1cc(COc3ccccc3)[nH]n1)C(=O)N2. The molecular formula is C20H18N4O3. The monoisotopic (exact) mass is 362 g/mol. The van der Waals surface area contributed by atoms with Gasteiger partial charge < -0.3 is 15.4 Å². The molecular weight excluding hydrogens is 344 g/mol. The molecule has 3 N–H and O–H groups in total. The smallest absolute Gasteiger partial charge is 0.272 e. The highest BCUT2D eigenvalue weighted by Gasteiger charge is 2.33. The van der Waals surface area contributed by atoms with E-state index in [2.05, 4.69) is 20.8 Å². The molecule has 0 radical (unpaired) electrons. The van der Waals surface area contributed by atoms with Crippen LogP contribution in [-0.2, 0) is 11.4 Å². The van der Waals surface area contributed by atoms with Gasteiger partial charge in [0.05, 0.1) is 5.69 Å². The quantitative estimate of drug-likeness (QED) is 0.650. The lowest BCUT2D eigenvalue weighted by Gasteiger charge is -2.12. The van der Waals surface area contributed by atoms with Crippen LogP contribution in [-0.4, -0.2) is 22.0 Å². The van der Waals surface area contributed by atoms with Gasteiger partial charge in [-0.15, -0.1) is 0 Å². The normalized spacial score (nSPS) is 15.1. The number of rotatable bonds is 5. The van der Waals surface area contributed by atoms with Crippen molar-refractivity contribution < 1.29 is 14.3 Å². The van der Waals surface area contributed by atoms with E-state index in [-0.39, 0.29) is 18.2 Å². The third-order valence-electron chi connectivity index (χ3n) is 4.41. The molecule has 27 heavy (non-hydrogen) atoms. The summed E-state index contributed by atoms with van der Waals surface area (Å²) in [6.07, 6.45) is 0. The summed E-state index contributed by atoms with van der Waals surface area (Å²) in [5.41, 5.74) is 3.33. The first-order valence-corrected chi connectivity index (χ1v) is 8.55. The number of benzene rings is 2. The van der Waals surface area contributed by atoms with Crippen LogP contribution in [0.5, 0.6) is 5.75 Å². The minimum Gasteiger partial charge on any atom is -0.487 e. The van der Waals surface area contributed by atoms with Crippen LogP contribution in [0.25, 0.3) is 0 Å². The molecule has 3 aromatic rings. The molecule has 1 aliphatic heterocycles. The zero-order valence-corrected chi connectivity index (χ0v) is 14.7. The average molecular weight is 362 g/mol. The second-order valence-corrected chi connectivity index (χ2v) is 6.31. The molecule has 4 rings (SSSR count). The van der Waals surface area contributed by atoms with E-state index in [0.717, 1.165) is 22.6 Å². The Morgan fingerprint density at radius 3 is 2.81 bits per heavy atom. The molecule has 0 aliphatic carbocycles. The van der Waals surface area contributed by atoms with Crippen LogP contribution in [0.3, 0.4) is 0 Å². The number of hydrogen-bond acceptors (Lipinski definition) is 4. The van der Waals surface area contributed by atoms with Crippen LogP contribution >= 0.6 is 0 Å². The molecule has 2 amide bonds. The van der Waals surface area contributed by atoms with Gasteiger partial charge >= 0.3 is 0 Å². The second-order valence-electron chi connectivity index (χ2n) is 6.31. The summed E-state index contributed by atoms with van der Waals surface area (Å²) in [4.78, 5) is 24.8. The van der Waals surface area contributed by atoms with Crippen molar-refractivity contribution in [3.63, 3.8) is 0 Å². The fourth-order valence-electron chi connectivity index (χ4n) is 3.08. The second kappa shape index (κ2) is 6.95. The molecule has 7 heteroatoms. The number of nitrogens with zero attached hydrogens (tertiary/aromatic N) is 1. The summed E-state index contributed by atoms with van der Waals surface area (Å²) in [6.45, 7) is 2.17. The molecule has 0 bridgehead atoms. The summed E-state index contributed by atoms with van der Waals surface area (Å²) in [6, 6.07) is 15.9. The Hall–Kier alpha value is -3.61. The highest BCUT2D eigenvalue weighted by molar-refractivity contribution is 6.06. The van der Waals surface area contributed by atoms with Crippen molar-refractivity contribution in [1.82, 2.24) is 15.5 Å². The number of aromatic nitrogens is 2. The Morgan fingerprint density at radius 2 is 2.00 bits per heavy atom. The van der Waals surface area contributed by atoms with Crippen molar-refractivity contribution >= 4 is 17.5 Å². The summed E-state index contributed by atoms with van der Waals surface area (Å²) in [7, 11) is 0. The Labute approximate surface area is 155 Å². The predicted octanol–water partition coefficient (Wildman–Crippen LogP) is 2.72. The highest BCUT2D eigenvalue weighted by Crippen LogP contribution is 2.33. The van der Waals surface area contributed by atoms with Crippen molar-refractivity contribution in [2.24, 2.45) is 0 Å². The maximum Gasteiger partial charge on any atom is 0.272 e. The Balaban J connectivity index is 1.44. The number of aryl methyl sites for hydroxylation is 1. The van der Waals surface area contributed by atoms with Gasteiger partial charge in [-0.25, -0.2) is 0 Å². The van der Waals surface area contributed by atoms with Crippen LogP contribution in [0.15, 0.2) is 54.6 Å². The lowest BCUT2D eigenvalue weighted by Crippen LogP contribution is -2.33. The van der Waals surface area contributed by atoms with Gasteiger partial charge in [-0.2, -0.15) is 5.10 Å². The zero-order valence-electron chi connectivity index (χ0n) is 14.7. The van der Waals surface area contributed by atoms with Crippen molar-refractivity contribution in [3.8, 4) is 5.75 Å². The van der Waals surface area contributed by atoms with Gasteiger partial charge in [0.25, 0.3) is 11.8 Å². The minimum absolute atomic E-state index is 0.205. The number of H-pyrrole nitrogens is 1. The van der Waals surface area contributed by atoms with E-state index in [9.17, 15) is 9.59 Å². The van der Waals surface area contributed by atoms with Crippen LogP contribution in [0.2, 0.25) is 0 Å². The molecule has 7 nitrogen and oxygen atoms in total. The van der Waals surface area contributed by atoms with Crippen LogP contribution in [0.4, 0.5) is 5.69 Å². The molecule has 0 unspecified atom stereocenters. The first-order chi connectivity index (χ1) is 13.1. The molecule has 2 aromatic carbocycles. The highest BCUT2D eigenvalue weighted by atomic mass is 16.5. The third kappa shape index (κ3) is 3.39. The van der Waals surface area contributed by atoms with Gasteiger partial charge in [0.1, 0.15) is 24.1 Å². The maximum atomic E-state index is 12.5. The topological polar surface area (TPSA) is 96.1 Å². The summed E-state index contributed by atoms with van der Waals surface area (Å²) in [5.74, 6) is 0.0529. The number of fused-ring (bicyclic) bond motifs is 1. The summed E-state index contributed by atoms with van der Waals surface area (Å²) >= 11 is 0. The number of aromatic amines is 1. The number of ether oxygens (including phenoxy) is 1. The number of amides is 2. The first-order valence-electron chi connectivity index (χ1n) is 8.55. The molecule has 2 heterocycles. The van der Waals surface area contributed by atoms with E-state index in [0.29, 0.717) is 5.69 Å². The maximum absolute atomic E-state index is 12.5. The number of anilines is 1. The number of nitrogens with one attached hydrogen (secondary N) is 3. The average Bonchev–Trinajstić information content (AvgIpc) is 3.27. The van der Waals surface area contributed by atoms with E-state index < -0.39 is 11.9 Å². The van der Waals surface area contributed by atoms with Gasteiger partial charge in [0.15, 0.2) is 0 Å². The lowest BCUT2D eigenvalue weighted by atomic mass is 10.0. The van der Waals surface area contributed by atoms with Crippen LogP contribution in [0.1, 0.15) is 33.4 Å². The number of carbonyl (C=O) groups is 2. The summed E-state index contributed by atoms with van der Waals surface area (Å²) in [5, 5.41) is 12.4. The van der Waals surface area contributed by atoms with Gasteiger partial charge in [-0.05, 0) is 36.8 Å². The summed E-state index contributed by atoms with van der Waals surface area (Å²) < 4.78 is 5.63. The standard InChI is InChI=1S/C20H18N4O3/c1-12-6-5-9-15-17(12)18(20(26)21-15)22-19(25)16-10-13(23-24-16)11-27-14-7-3-2-4-8-14/h2-10,18H,11H2,1H3,(H,21,26)(H,22,25)(H,23,24)/t18-/m0/s1. The van der Waals surface area contributed by atoms with Crippen molar-refractivity contribution in [2.75, 3.05) is 5.32 Å². The molecule has 1 atom stereocenters. The zero-order chi connectivity index (χ0) is 18.8. The fourth-order valence-corrected chi connectivity index (χ4v) is 3.08. The Bertz CT molecular complexity index is 997. The van der Waals surface area contributed by atoms with Crippen molar-refractivity contribution in [3.05, 3.63) is 77.1 Å². The van der Waals surface area contributed by atoms with Gasteiger partial charge in [-0.3, -0.25) is 14.7 Å². The van der Waals surface area contributed by atoms with E-state index in [4.69, 9.17) is 4.74 Å². The molecule has 0 spiro atoms.